The van der Waals surface area contributed by atoms with Gasteiger partial charge in [-0.2, -0.15) is 0 Å². The molecule has 1 atom stereocenters. The average Bonchev–Trinajstić information content (AvgIpc) is 2.65. The minimum absolute atomic E-state index is 0.132. The van der Waals surface area contributed by atoms with Crippen LogP contribution in [0, 0.1) is 0 Å². The van der Waals surface area contributed by atoms with Gasteiger partial charge in [-0.3, -0.25) is 4.79 Å². The molecule has 1 aromatic heterocycles. The fourth-order valence-corrected chi connectivity index (χ4v) is 3.24. The highest BCUT2D eigenvalue weighted by Gasteiger charge is 2.16. The molecule has 0 aliphatic carbocycles. The summed E-state index contributed by atoms with van der Waals surface area (Å²) >= 11 is 0. The van der Waals surface area contributed by atoms with Crippen molar-refractivity contribution < 1.29 is 4.79 Å². The Morgan fingerprint density at radius 2 is 1.42 bits per heavy atom. The van der Waals surface area contributed by atoms with Gasteiger partial charge in [0.2, 0.25) is 0 Å². The Bertz CT molecular complexity index is 843. The number of anilines is 2. The number of ketones is 1. The zero-order valence-corrected chi connectivity index (χ0v) is 14.6. The first-order chi connectivity index (χ1) is 12.6. The molecular weight excluding hydrogens is 322 g/mol. The molecule has 0 saturated heterocycles. The molecule has 0 fully saturated rings. The Morgan fingerprint density at radius 1 is 0.846 bits per heavy atom. The summed E-state index contributed by atoms with van der Waals surface area (Å²) in [4.78, 5) is 16.4. The van der Waals surface area contributed by atoms with Crippen LogP contribution in [0.3, 0.4) is 0 Å². The van der Waals surface area contributed by atoms with E-state index in [1.165, 1.54) is 5.56 Å². The van der Waals surface area contributed by atoms with E-state index >= 15 is 0 Å². The fraction of sp³-hybridized carbons (Fsp3) is 0.182. The van der Waals surface area contributed by atoms with Crippen molar-refractivity contribution in [2.75, 3.05) is 11.5 Å². The van der Waals surface area contributed by atoms with Gasteiger partial charge >= 0.3 is 0 Å². The number of benzene rings is 2. The van der Waals surface area contributed by atoms with Crippen molar-refractivity contribution in [3.05, 3.63) is 89.5 Å². The molecular formula is C22H23N3O. The molecule has 0 aliphatic heterocycles. The standard InChI is InChI=1S/C22H23N3O/c23-21-14-18(15-22(24)25-21)19(16-8-3-1-4-9-16)12-7-13-20(26)17-10-5-2-6-11-17/h1-6,8-11,14-15,19H,7,12-13H2,(H4,23,24,25). The van der Waals surface area contributed by atoms with Crippen LogP contribution in [0.4, 0.5) is 11.6 Å². The molecule has 0 aliphatic rings. The van der Waals surface area contributed by atoms with Crippen LogP contribution in [0.5, 0.6) is 0 Å². The highest BCUT2D eigenvalue weighted by atomic mass is 16.1. The van der Waals surface area contributed by atoms with Crippen LogP contribution in [-0.2, 0) is 0 Å². The zero-order valence-electron chi connectivity index (χ0n) is 14.6. The van der Waals surface area contributed by atoms with Crippen LogP contribution >= 0.6 is 0 Å². The van der Waals surface area contributed by atoms with Crippen LogP contribution in [0.1, 0.15) is 46.7 Å². The number of hydrogen-bond acceptors (Lipinski definition) is 4. The van der Waals surface area contributed by atoms with Gasteiger partial charge in [0.15, 0.2) is 5.78 Å². The third-order valence-electron chi connectivity index (χ3n) is 4.48. The topological polar surface area (TPSA) is 82.0 Å². The van der Waals surface area contributed by atoms with E-state index in [1.54, 1.807) is 0 Å². The van der Waals surface area contributed by atoms with Crippen molar-refractivity contribution in [2.24, 2.45) is 0 Å². The molecule has 4 heteroatoms. The van der Waals surface area contributed by atoms with Crippen molar-refractivity contribution in [3.63, 3.8) is 0 Å². The summed E-state index contributed by atoms with van der Waals surface area (Å²) in [6, 6.07) is 23.4. The number of pyridine rings is 1. The molecule has 2 aromatic carbocycles. The Kier molecular flexibility index (Phi) is 5.64. The predicted octanol–water partition coefficient (Wildman–Crippen LogP) is 4.43. The molecule has 0 radical (unpaired) electrons. The molecule has 4 N–H and O–H groups in total. The molecule has 3 aromatic rings. The summed E-state index contributed by atoms with van der Waals surface area (Å²) in [5.41, 5.74) is 14.8. The number of Topliss-reactive ketones (excluding diaryl/α,β-unsaturated/α-hetero) is 1. The monoisotopic (exact) mass is 345 g/mol. The number of carbonyl (C=O) groups excluding carboxylic acids is 1. The van der Waals surface area contributed by atoms with Gasteiger partial charge in [0.05, 0.1) is 0 Å². The van der Waals surface area contributed by atoms with Gasteiger partial charge in [0, 0.05) is 17.9 Å². The van der Waals surface area contributed by atoms with E-state index in [0.29, 0.717) is 18.1 Å². The number of carbonyl (C=O) groups is 1. The summed E-state index contributed by atoms with van der Waals surface area (Å²) in [6.45, 7) is 0. The quantitative estimate of drug-likeness (QED) is 0.621. The van der Waals surface area contributed by atoms with Gasteiger partial charge in [-0.05, 0) is 36.1 Å². The molecule has 4 nitrogen and oxygen atoms in total. The number of nitrogen functional groups attached to an aromatic ring is 2. The van der Waals surface area contributed by atoms with Crippen molar-refractivity contribution in [2.45, 2.75) is 25.2 Å². The first kappa shape index (κ1) is 17.7. The first-order valence-electron chi connectivity index (χ1n) is 8.79. The molecule has 1 heterocycles. The number of nitrogens with zero attached hydrogens (tertiary/aromatic N) is 1. The van der Waals surface area contributed by atoms with E-state index in [4.69, 9.17) is 11.5 Å². The molecule has 26 heavy (non-hydrogen) atoms. The Hall–Kier alpha value is -3.14. The van der Waals surface area contributed by atoms with Crippen molar-refractivity contribution in [1.82, 2.24) is 4.98 Å². The molecule has 0 spiro atoms. The normalized spacial score (nSPS) is 11.8. The van der Waals surface area contributed by atoms with Gasteiger partial charge in [0.1, 0.15) is 11.6 Å². The average molecular weight is 345 g/mol. The summed E-state index contributed by atoms with van der Waals surface area (Å²) in [7, 11) is 0. The largest absolute Gasteiger partial charge is 0.384 e. The van der Waals surface area contributed by atoms with Gasteiger partial charge in [-0.15, -0.1) is 0 Å². The summed E-state index contributed by atoms with van der Waals surface area (Å²) in [5, 5.41) is 0. The lowest BCUT2D eigenvalue weighted by atomic mass is 9.86. The van der Waals surface area contributed by atoms with Crippen LogP contribution in [-0.4, -0.2) is 10.8 Å². The van der Waals surface area contributed by atoms with E-state index in [1.807, 2.05) is 60.7 Å². The minimum Gasteiger partial charge on any atom is -0.384 e. The van der Waals surface area contributed by atoms with Gasteiger partial charge < -0.3 is 11.5 Å². The lowest BCUT2D eigenvalue weighted by molar-refractivity contribution is 0.0979. The SMILES string of the molecule is Nc1cc(C(CCCC(=O)c2ccccc2)c2ccccc2)cc(N)n1. The fourth-order valence-electron chi connectivity index (χ4n) is 3.24. The number of rotatable bonds is 7. The number of aromatic nitrogens is 1. The third-order valence-corrected chi connectivity index (χ3v) is 4.48. The predicted molar refractivity (Wildman–Crippen MR) is 106 cm³/mol. The highest BCUT2D eigenvalue weighted by molar-refractivity contribution is 5.95. The number of hydrogen-bond donors (Lipinski definition) is 2. The van der Waals surface area contributed by atoms with E-state index in [2.05, 4.69) is 17.1 Å². The second kappa shape index (κ2) is 8.30. The Labute approximate surface area is 153 Å². The van der Waals surface area contributed by atoms with E-state index < -0.39 is 0 Å². The molecule has 0 saturated carbocycles. The van der Waals surface area contributed by atoms with E-state index in [-0.39, 0.29) is 11.7 Å². The second-order valence-electron chi connectivity index (χ2n) is 6.39. The van der Waals surface area contributed by atoms with Gasteiger partial charge in [-0.25, -0.2) is 4.98 Å². The van der Waals surface area contributed by atoms with Crippen molar-refractivity contribution in [1.29, 1.82) is 0 Å². The van der Waals surface area contributed by atoms with Crippen LogP contribution < -0.4 is 11.5 Å². The molecule has 0 amide bonds. The third kappa shape index (κ3) is 4.48. The zero-order chi connectivity index (χ0) is 18.4. The van der Waals surface area contributed by atoms with Crippen molar-refractivity contribution in [3.8, 4) is 0 Å². The molecule has 3 rings (SSSR count). The maximum atomic E-state index is 12.4. The maximum Gasteiger partial charge on any atom is 0.162 e. The smallest absolute Gasteiger partial charge is 0.162 e. The maximum absolute atomic E-state index is 12.4. The Balaban J connectivity index is 1.75. The highest BCUT2D eigenvalue weighted by Crippen LogP contribution is 2.31. The molecule has 1 unspecified atom stereocenters. The van der Waals surface area contributed by atoms with Gasteiger partial charge in [-0.1, -0.05) is 60.7 Å². The number of nitrogens with two attached hydrogens (primary N) is 2. The summed E-state index contributed by atoms with van der Waals surface area (Å²) in [5.74, 6) is 1.14. The second-order valence-corrected chi connectivity index (χ2v) is 6.39. The van der Waals surface area contributed by atoms with Crippen LogP contribution in [0.2, 0.25) is 0 Å². The molecule has 132 valence electrons. The van der Waals surface area contributed by atoms with E-state index in [0.717, 1.165) is 24.0 Å². The Morgan fingerprint density at radius 3 is 2.04 bits per heavy atom. The minimum atomic E-state index is 0.132. The van der Waals surface area contributed by atoms with Crippen molar-refractivity contribution >= 4 is 17.4 Å². The van der Waals surface area contributed by atoms with E-state index in [9.17, 15) is 4.79 Å². The lowest BCUT2D eigenvalue weighted by Gasteiger charge is -2.19. The molecule has 0 bridgehead atoms. The summed E-state index contributed by atoms with van der Waals surface area (Å²) in [6.07, 6.45) is 2.14. The van der Waals surface area contributed by atoms with Crippen LogP contribution in [0.15, 0.2) is 72.8 Å². The first-order valence-corrected chi connectivity index (χ1v) is 8.79. The lowest BCUT2D eigenvalue weighted by Crippen LogP contribution is -2.06. The summed E-state index contributed by atoms with van der Waals surface area (Å²) < 4.78 is 0. The van der Waals surface area contributed by atoms with Crippen LogP contribution in [0.25, 0.3) is 0 Å². The van der Waals surface area contributed by atoms with Gasteiger partial charge in [0.25, 0.3) is 0 Å².